The zero-order valence-corrected chi connectivity index (χ0v) is 11.9. The number of hydrogen-bond acceptors (Lipinski definition) is 3. The molecular weight excluding hydrogens is 386 g/mol. The van der Waals surface area contributed by atoms with Crippen LogP contribution in [0.25, 0.3) is 0 Å². The summed E-state index contributed by atoms with van der Waals surface area (Å²) in [6, 6.07) is 0. The summed E-state index contributed by atoms with van der Waals surface area (Å²) in [5, 5.41) is 9.36. The lowest BCUT2D eigenvalue weighted by Gasteiger charge is -2.22. The fourth-order valence-electron chi connectivity index (χ4n) is 1.43. The number of rotatable bonds is 5. The molecule has 0 saturated carbocycles. The Labute approximate surface area is 131 Å². The first kappa shape index (κ1) is 21.0. The maximum absolute atomic E-state index is 13.0. The Morgan fingerprint density at radius 2 is 1.36 bits per heavy atom. The van der Waals surface area contributed by atoms with Crippen LogP contribution in [0.2, 0.25) is 0 Å². The van der Waals surface area contributed by atoms with E-state index in [0.29, 0.717) is 7.05 Å². The zero-order chi connectivity index (χ0) is 20.0. The molecule has 25 heavy (non-hydrogen) atoms. The molecule has 0 aromatic carbocycles. The van der Waals surface area contributed by atoms with Gasteiger partial charge in [-0.2, -0.15) is 43.9 Å². The third kappa shape index (κ3) is 3.95. The molecule has 0 aliphatic heterocycles. The highest BCUT2D eigenvalue weighted by atomic mass is 19.4. The van der Waals surface area contributed by atoms with Crippen LogP contribution in [-0.2, 0) is 13.6 Å². The zero-order valence-electron chi connectivity index (χ0n) is 11.9. The van der Waals surface area contributed by atoms with Crippen molar-refractivity contribution in [1.82, 2.24) is 9.13 Å². The average molecular weight is 394 g/mol. The molecule has 0 spiro atoms. The van der Waals surface area contributed by atoms with Crippen LogP contribution in [0.5, 0.6) is 11.8 Å². The van der Waals surface area contributed by atoms with E-state index in [-0.39, 0.29) is 4.57 Å². The summed E-state index contributed by atoms with van der Waals surface area (Å²) >= 11 is 0. The van der Waals surface area contributed by atoms with E-state index in [1.807, 2.05) is 0 Å². The summed E-state index contributed by atoms with van der Waals surface area (Å²) in [7, 11) is 0.634. The predicted molar refractivity (Wildman–Crippen MR) is 58.8 cm³/mol. The van der Waals surface area contributed by atoms with Gasteiger partial charge >= 0.3 is 29.9 Å². The summed E-state index contributed by atoms with van der Waals surface area (Å²) in [5.41, 5.74) is -1.76. The molecule has 0 fully saturated rings. The summed E-state index contributed by atoms with van der Waals surface area (Å²) in [5.74, 6) is -14.3. The van der Waals surface area contributed by atoms with Gasteiger partial charge < -0.3 is 9.84 Å². The highest BCUT2D eigenvalue weighted by Crippen LogP contribution is 2.39. The van der Waals surface area contributed by atoms with Crippen LogP contribution in [0.4, 0.5) is 43.9 Å². The monoisotopic (exact) mass is 394 g/mol. The molecule has 5 nitrogen and oxygen atoms in total. The lowest BCUT2D eigenvalue weighted by molar-refractivity contribution is -0.291. The average Bonchev–Trinajstić information content (AvgIpc) is 2.59. The van der Waals surface area contributed by atoms with Crippen molar-refractivity contribution in [3.63, 3.8) is 0 Å². The standard InChI is InChI=1S/C10H8F10N2O3/c1-21-4(23)5(25-3-8(13,14)10(18,19)20)22(6(21)24)2-7(11,12)9(15,16)17/h23H,2-3H2,1H3. The van der Waals surface area contributed by atoms with E-state index in [0.717, 1.165) is 0 Å². The van der Waals surface area contributed by atoms with Crippen molar-refractivity contribution < 1.29 is 53.7 Å². The van der Waals surface area contributed by atoms with Crippen molar-refractivity contribution in [3.8, 4) is 11.8 Å². The second kappa shape index (κ2) is 6.01. The van der Waals surface area contributed by atoms with Crippen molar-refractivity contribution in [2.24, 2.45) is 7.05 Å². The SMILES string of the molecule is Cn1c(O)c(OCC(F)(F)C(F)(F)F)n(CC(F)(F)C(F)(F)F)c1=O. The van der Waals surface area contributed by atoms with Crippen molar-refractivity contribution in [1.29, 1.82) is 0 Å². The Kier molecular flexibility index (Phi) is 5.04. The van der Waals surface area contributed by atoms with E-state index in [4.69, 9.17) is 0 Å². The maximum Gasteiger partial charge on any atom is 0.456 e. The topological polar surface area (TPSA) is 56.4 Å². The Balaban J connectivity index is 3.26. The van der Waals surface area contributed by atoms with E-state index in [9.17, 15) is 53.8 Å². The van der Waals surface area contributed by atoms with Crippen molar-refractivity contribution in [2.75, 3.05) is 6.61 Å². The van der Waals surface area contributed by atoms with Crippen LogP contribution in [-0.4, -0.2) is 45.0 Å². The summed E-state index contributed by atoms with van der Waals surface area (Å²) in [6.07, 6.45) is -12.3. The summed E-state index contributed by atoms with van der Waals surface area (Å²) < 4.78 is 127. The molecular formula is C10H8F10N2O3. The van der Waals surface area contributed by atoms with Crippen molar-refractivity contribution in [3.05, 3.63) is 10.5 Å². The molecule has 1 aromatic heterocycles. The van der Waals surface area contributed by atoms with Gasteiger partial charge in [0.05, 0.1) is 0 Å². The minimum Gasteiger partial charge on any atom is -0.491 e. The molecule has 0 bridgehead atoms. The third-order valence-corrected chi connectivity index (χ3v) is 2.85. The minimum atomic E-state index is -6.16. The smallest absolute Gasteiger partial charge is 0.456 e. The largest absolute Gasteiger partial charge is 0.491 e. The first-order valence-corrected chi connectivity index (χ1v) is 5.93. The molecule has 0 aliphatic carbocycles. The van der Waals surface area contributed by atoms with Gasteiger partial charge in [0.2, 0.25) is 0 Å². The number of imidazole rings is 1. The predicted octanol–water partition coefficient (Wildman–Crippen LogP) is 2.67. The fourth-order valence-corrected chi connectivity index (χ4v) is 1.43. The van der Waals surface area contributed by atoms with Crippen LogP contribution in [0, 0.1) is 0 Å². The van der Waals surface area contributed by atoms with Crippen LogP contribution < -0.4 is 10.4 Å². The van der Waals surface area contributed by atoms with Gasteiger partial charge in [-0.1, -0.05) is 0 Å². The first-order valence-electron chi connectivity index (χ1n) is 5.93. The quantitative estimate of drug-likeness (QED) is 0.782. The maximum atomic E-state index is 13.0. The number of alkyl halides is 10. The molecule has 1 heterocycles. The number of aromatic hydroxyl groups is 1. The van der Waals surface area contributed by atoms with E-state index < -0.39 is 59.4 Å². The first-order chi connectivity index (χ1) is 10.9. The molecule has 146 valence electrons. The van der Waals surface area contributed by atoms with Crippen LogP contribution in [0.15, 0.2) is 4.79 Å². The van der Waals surface area contributed by atoms with E-state index in [1.165, 1.54) is 0 Å². The van der Waals surface area contributed by atoms with Crippen molar-refractivity contribution >= 4 is 0 Å². The molecule has 1 rings (SSSR count). The third-order valence-electron chi connectivity index (χ3n) is 2.85. The Morgan fingerprint density at radius 3 is 1.76 bits per heavy atom. The van der Waals surface area contributed by atoms with Gasteiger partial charge in [0.1, 0.15) is 6.54 Å². The van der Waals surface area contributed by atoms with Crippen molar-refractivity contribution in [2.45, 2.75) is 30.7 Å². The van der Waals surface area contributed by atoms with Gasteiger partial charge in [-0.15, -0.1) is 0 Å². The molecule has 15 heteroatoms. The molecule has 0 aliphatic rings. The molecule has 0 atom stereocenters. The van der Waals surface area contributed by atoms with Crippen LogP contribution >= 0.6 is 0 Å². The molecule has 1 aromatic rings. The van der Waals surface area contributed by atoms with E-state index in [2.05, 4.69) is 4.74 Å². The van der Waals surface area contributed by atoms with Gasteiger partial charge in [-0.05, 0) is 0 Å². The number of aromatic nitrogens is 2. The summed E-state index contributed by atoms with van der Waals surface area (Å²) in [6.45, 7) is -5.07. The van der Waals surface area contributed by atoms with Gasteiger partial charge in [-0.3, -0.25) is 9.13 Å². The Hall–Kier alpha value is -2.09. The molecule has 1 N–H and O–H groups in total. The minimum absolute atomic E-state index is 0.0213. The van der Waals surface area contributed by atoms with Gasteiger partial charge in [0.25, 0.3) is 11.8 Å². The van der Waals surface area contributed by atoms with Gasteiger partial charge in [0.15, 0.2) is 6.61 Å². The van der Waals surface area contributed by atoms with Gasteiger partial charge in [0, 0.05) is 7.05 Å². The van der Waals surface area contributed by atoms with Crippen LogP contribution in [0.1, 0.15) is 0 Å². The normalized spacial score (nSPS) is 14.0. The molecule has 0 amide bonds. The van der Waals surface area contributed by atoms with E-state index in [1.54, 1.807) is 0 Å². The molecule has 0 unspecified atom stereocenters. The summed E-state index contributed by atoms with van der Waals surface area (Å²) in [4.78, 5) is 11.5. The second-order valence-electron chi connectivity index (χ2n) is 4.75. The number of nitrogens with zero attached hydrogens (tertiary/aromatic N) is 2. The fraction of sp³-hybridized carbons (Fsp3) is 0.700. The molecule has 0 saturated heterocycles. The Morgan fingerprint density at radius 1 is 0.920 bits per heavy atom. The van der Waals surface area contributed by atoms with Crippen LogP contribution in [0.3, 0.4) is 0 Å². The highest BCUT2D eigenvalue weighted by Gasteiger charge is 2.59. The molecule has 0 radical (unpaired) electrons. The second-order valence-corrected chi connectivity index (χ2v) is 4.75. The Bertz CT molecular complexity index is 685. The van der Waals surface area contributed by atoms with Gasteiger partial charge in [-0.25, -0.2) is 4.79 Å². The number of ether oxygens (including phenoxy) is 1. The number of hydrogen-bond donors (Lipinski definition) is 1. The lowest BCUT2D eigenvalue weighted by atomic mass is 10.3. The van der Waals surface area contributed by atoms with E-state index >= 15 is 0 Å². The highest BCUT2D eigenvalue weighted by molar-refractivity contribution is 5.27. The number of halogens is 10. The lowest BCUT2D eigenvalue weighted by Crippen LogP contribution is -2.44.